The van der Waals surface area contributed by atoms with E-state index in [9.17, 15) is 0 Å². The third-order valence-corrected chi connectivity index (χ3v) is 1.93. The van der Waals surface area contributed by atoms with Crippen LogP contribution in [0.4, 0.5) is 0 Å². The van der Waals surface area contributed by atoms with Gasteiger partial charge in [-0.25, -0.2) is 0 Å². The van der Waals surface area contributed by atoms with E-state index in [0.29, 0.717) is 6.04 Å². The Balaban J connectivity index is 3.31. The Bertz CT molecular complexity index is 66.0. The van der Waals surface area contributed by atoms with Crippen LogP contribution in [0.3, 0.4) is 0 Å². The first-order valence-electron chi connectivity index (χ1n) is 3.20. The van der Waals surface area contributed by atoms with Crippen LogP contribution in [0.2, 0.25) is 0 Å². The molecule has 0 saturated heterocycles. The van der Waals surface area contributed by atoms with Crippen LogP contribution in [-0.4, -0.2) is 10.9 Å². The van der Waals surface area contributed by atoms with Crippen molar-refractivity contribution in [3.63, 3.8) is 0 Å². The second kappa shape index (κ2) is 5.12. The number of hydrogen-bond donors (Lipinski definition) is 3. The summed E-state index contributed by atoms with van der Waals surface area (Å²) >= 11 is 0. The van der Waals surface area contributed by atoms with Gasteiger partial charge in [-0.1, -0.05) is 13.8 Å². The number of nitrogens with two attached hydrogens (primary N) is 1. The zero-order valence-electron chi connectivity index (χ0n) is 5.96. The van der Waals surface area contributed by atoms with Gasteiger partial charge in [0.1, 0.15) is 0 Å². The zero-order valence-corrected chi connectivity index (χ0v) is 6.86. The van der Waals surface area contributed by atoms with E-state index < -0.39 is 8.45 Å². The van der Waals surface area contributed by atoms with Crippen molar-refractivity contribution in [2.45, 2.75) is 32.7 Å². The molecule has 0 radical (unpaired) electrons. The van der Waals surface area contributed by atoms with Crippen LogP contribution in [0.15, 0.2) is 0 Å². The average Bonchev–Trinajstić information content (AvgIpc) is 1.82. The topological polar surface area (TPSA) is 58.3 Å². The fourth-order valence-electron chi connectivity index (χ4n) is 0.658. The van der Waals surface area contributed by atoms with Crippen molar-refractivity contribution in [2.75, 3.05) is 0 Å². The molecule has 0 saturated carbocycles. The monoisotopic (exact) mass is 150 g/mol. The smallest absolute Gasteiger partial charge is 0.176 e. The van der Waals surface area contributed by atoms with Crippen molar-refractivity contribution in [1.29, 1.82) is 0 Å². The third kappa shape index (κ3) is 4.79. The maximum Gasteiger partial charge on any atom is 0.176 e. The molecular formula is C5H15N2OP. The Morgan fingerprint density at radius 2 is 2.00 bits per heavy atom. The highest BCUT2D eigenvalue weighted by Gasteiger charge is 2.04. The van der Waals surface area contributed by atoms with Gasteiger partial charge in [0.05, 0.1) is 0 Å². The summed E-state index contributed by atoms with van der Waals surface area (Å²) < 4.78 is 0. The fraction of sp³-hybridized carbons (Fsp3) is 1.00. The molecular weight excluding hydrogens is 135 g/mol. The SMILES string of the molecule is CCC(CC)NP(N)O. The molecule has 0 spiro atoms. The van der Waals surface area contributed by atoms with E-state index in [1.54, 1.807) is 0 Å². The van der Waals surface area contributed by atoms with Crippen molar-refractivity contribution in [1.82, 2.24) is 5.09 Å². The molecule has 0 aromatic heterocycles. The second-order valence-corrected chi connectivity index (χ2v) is 2.93. The molecule has 4 N–H and O–H groups in total. The third-order valence-electron chi connectivity index (χ3n) is 1.30. The molecule has 1 atom stereocenters. The van der Waals surface area contributed by atoms with Gasteiger partial charge in [0, 0.05) is 6.04 Å². The van der Waals surface area contributed by atoms with Gasteiger partial charge in [-0.15, -0.1) is 0 Å². The molecule has 3 nitrogen and oxygen atoms in total. The lowest BCUT2D eigenvalue weighted by atomic mass is 10.2. The zero-order chi connectivity index (χ0) is 7.28. The van der Waals surface area contributed by atoms with Gasteiger partial charge in [0.15, 0.2) is 8.45 Å². The minimum absolute atomic E-state index is 0.381. The largest absolute Gasteiger partial charge is 0.348 e. The van der Waals surface area contributed by atoms with Gasteiger partial charge >= 0.3 is 0 Å². The van der Waals surface area contributed by atoms with Gasteiger partial charge < -0.3 is 4.89 Å². The Morgan fingerprint density at radius 1 is 1.56 bits per heavy atom. The van der Waals surface area contributed by atoms with Crippen LogP contribution in [-0.2, 0) is 0 Å². The van der Waals surface area contributed by atoms with E-state index in [-0.39, 0.29) is 0 Å². The molecule has 4 heteroatoms. The summed E-state index contributed by atoms with van der Waals surface area (Å²) in [7, 11) is -1.40. The maximum absolute atomic E-state index is 8.72. The molecule has 1 unspecified atom stereocenters. The summed E-state index contributed by atoms with van der Waals surface area (Å²) in [4.78, 5) is 8.72. The normalized spacial score (nSPS) is 14.3. The van der Waals surface area contributed by atoms with E-state index in [2.05, 4.69) is 18.9 Å². The highest BCUT2D eigenvalue weighted by Crippen LogP contribution is 2.14. The van der Waals surface area contributed by atoms with E-state index >= 15 is 0 Å². The van der Waals surface area contributed by atoms with Crippen molar-refractivity contribution in [3.8, 4) is 0 Å². The summed E-state index contributed by atoms with van der Waals surface area (Å²) in [5, 5.41) is 2.88. The van der Waals surface area contributed by atoms with E-state index in [4.69, 9.17) is 10.4 Å². The molecule has 0 fully saturated rings. The summed E-state index contributed by atoms with van der Waals surface area (Å²) in [6, 6.07) is 0.381. The molecule has 0 bridgehead atoms. The molecule has 0 aromatic rings. The number of rotatable bonds is 4. The Kier molecular flexibility index (Phi) is 5.30. The Hall–Kier alpha value is 0.310. The quantitative estimate of drug-likeness (QED) is 0.523. The first-order chi connectivity index (χ1) is 4.20. The van der Waals surface area contributed by atoms with Crippen molar-refractivity contribution >= 4 is 8.45 Å². The van der Waals surface area contributed by atoms with Gasteiger partial charge in [-0.3, -0.25) is 10.6 Å². The van der Waals surface area contributed by atoms with E-state index in [1.807, 2.05) is 0 Å². The van der Waals surface area contributed by atoms with Crippen molar-refractivity contribution in [2.24, 2.45) is 5.50 Å². The van der Waals surface area contributed by atoms with E-state index in [0.717, 1.165) is 12.8 Å². The van der Waals surface area contributed by atoms with Crippen LogP contribution >= 0.6 is 8.45 Å². The van der Waals surface area contributed by atoms with Crippen LogP contribution in [0.1, 0.15) is 26.7 Å². The molecule has 0 aliphatic carbocycles. The lowest BCUT2D eigenvalue weighted by Gasteiger charge is -2.15. The fourth-order valence-corrected chi connectivity index (χ4v) is 1.40. The number of nitrogens with one attached hydrogen (secondary N) is 1. The first kappa shape index (κ1) is 9.31. The molecule has 0 amide bonds. The van der Waals surface area contributed by atoms with Crippen LogP contribution in [0.25, 0.3) is 0 Å². The summed E-state index contributed by atoms with van der Waals surface area (Å²) in [5.41, 5.74) is 5.15. The van der Waals surface area contributed by atoms with Gasteiger partial charge in [0.2, 0.25) is 0 Å². The summed E-state index contributed by atoms with van der Waals surface area (Å²) in [6.07, 6.45) is 2.04. The Labute approximate surface area is 57.6 Å². The predicted octanol–water partition coefficient (Wildman–Crippen LogP) is 0.942. The molecule has 0 heterocycles. The lowest BCUT2D eigenvalue weighted by molar-refractivity contribution is 0.536. The van der Waals surface area contributed by atoms with Gasteiger partial charge in [-0.2, -0.15) is 0 Å². The minimum Gasteiger partial charge on any atom is -0.348 e. The average molecular weight is 150 g/mol. The highest BCUT2D eigenvalue weighted by molar-refractivity contribution is 7.46. The molecule has 0 aliphatic rings. The standard InChI is InChI=1S/C5H15N2OP/c1-3-5(4-2)7-9(6)8/h5,7-8H,3-4,6H2,1-2H3. The van der Waals surface area contributed by atoms with Crippen LogP contribution in [0.5, 0.6) is 0 Å². The maximum atomic E-state index is 8.72. The molecule has 9 heavy (non-hydrogen) atoms. The predicted molar refractivity (Wildman–Crippen MR) is 40.8 cm³/mol. The van der Waals surface area contributed by atoms with Crippen molar-refractivity contribution in [3.05, 3.63) is 0 Å². The summed E-state index contributed by atoms with van der Waals surface area (Å²) in [6.45, 7) is 4.14. The Morgan fingerprint density at radius 3 is 2.11 bits per heavy atom. The van der Waals surface area contributed by atoms with Gasteiger partial charge in [0.25, 0.3) is 0 Å². The van der Waals surface area contributed by atoms with Crippen LogP contribution in [0, 0.1) is 0 Å². The lowest BCUT2D eigenvalue weighted by Crippen LogP contribution is -2.24. The minimum atomic E-state index is -1.40. The summed E-state index contributed by atoms with van der Waals surface area (Å²) in [5.74, 6) is 0. The number of hydrogen-bond acceptors (Lipinski definition) is 3. The highest BCUT2D eigenvalue weighted by atomic mass is 31.2. The van der Waals surface area contributed by atoms with Crippen LogP contribution < -0.4 is 10.6 Å². The molecule has 0 rings (SSSR count). The molecule has 0 aliphatic heterocycles. The van der Waals surface area contributed by atoms with E-state index in [1.165, 1.54) is 0 Å². The molecule has 56 valence electrons. The van der Waals surface area contributed by atoms with Crippen molar-refractivity contribution < 1.29 is 4.89 Å². The van der Waals surface area contributed by atoms with Gasteiger partial charge in [-0.05, 0) is 12.8 Å². The molecule has 0 aromatic carbocycles. The first-order valence-corrected chi connectivity index (χ1v) is 4.56. The second-order valence-electron chi connectivity index (χ2n) is 1.99.